The largest absolute Gasteiger partial charge is 0.481 e. The maximum absolute atomic E-state index is 11.6. The van der Waals surface area contributed by atoms with Crippen molar-refractivity contribution in [1.29, 1.82) is 0 Å². The van der Waals surface area contributed by atoms with Crippen molar-refractivity contribution in [1.82, 2.24) is 0 Å². The lowest BCUT2D eigenvalue weighted by atomic mass is 9.72. The third-order valence-electron chi connectivity index (χ3n) is 4.69. The van der Waals surface area contributed by atoms with Crippen LogP contribution in [0.15, 0.2) is 24.3 Å². The lowest BCUT2D eigenvalue weighted by Crippen LogP contribution is -2.34. The number of carboxylic acid groups (broad SMARTS) is 1. The van der Waals surface area contributed by atoms with E-state index in [0.29, 0.717) is 25.6 Å². The molecule has 1 N–H and O–H groups in total. The van der Waals surface area contributed by atoms with Gasteiger partial charge in [0.2, 0.25) is 0 Å². The summed E-state index contributed by atoms with van der Waals surface area (Å²) in [5.41, 5.74) is 2.11. The minimum Gasteiger partial charge on any atom is -0.481 e. The van der Waals surface area contributed by atoms with Gasteiger partial charge in [0.25, 0.3) is 0 Å². The first-order valence-electron chi connectivity index (χ1n) is 7.10. The first-order valence-corrected chi connectivity index (χ1v) is 7.10. The number of fused-ring (bicyclic) bond motifs is 1. The fourth-order valence-corrected chi connectivity index (χ4v) is 3.56. The van der Waals surface area contributed by atoms with Crippen LogP contribution in [0.2, 0.25) is 0 Å². The SMILES string of the molecule is O=C(O)C1(CC2CCCc3ccccc32)CCOC1. The van der Waals surface area contributed by atoms with Gasteiger partial charge in [-0.2, -0.15) is 0 Å². The number of carbonyl (C=O) groups is 1. The van der Waals surface area contributed by atoms with Gasteiger partial charge in [-0.3, -0.25) is 4.79 Å². The maximum Gasteiger partial charge on any atom is 0.312 e. The summed E-state index contributed by atoms with van der Waals surface area (Å²) in [4.78, 5) is 11.6. The number of hydrogen-bond donors (Lipinski definition) is 1. The zero-order valence-corrected chi connectivity index (χ0v) is 11.1. The van der Waals surface area contributed by atoms with Crippen LogP contribution in [0.1, 0.15) is 42.7 Å². The van der Waals surface area contributed by atoms with Gasteiger partial charge in [-0.15, -0.1) is 0 Å². The molecule has 3 nitrogen and oxygen atoms in total. The summed E-state index contributed by atoms with van der Waals surface area (Å²) in [5.74, 6) is -0.309. The van der Waals surface area contributed by atoms with Crippen LogP contribution in [0.4, 0.5) is 0 Å². The number of aliphatic carboxylic acids is 1. The molecule has 102 valence electrons. The van der Waals surface area contributed by atoms with Crippen LogP contribution in [-0.4, -0.2) is 24.3 Å². The summed E-state index contributed by atoms with van der Waals surface area (Å²) in [6.07, 6.45) is 4.77. The molecule has 1 aliphatic carbocycles. The van der Waals surface area contributed by atoms with Crippen molar-refractivity contribution in [2.45, 2.75) is 38.0 Å². The predicted molar refractivity (Wildman–Crippen MR) is 72.2 cm³/mol. The smallest absolute Gasteiger partial charge is 0.312 e. The Balaban J connectivity index is 1.86. The van der Waals surface area contributed by atoms with E-state index < -0.39 is 11.4 Å². The van der Waals surface area contributed by atoms with Crippen molar-refractivity contribution < 1.29 is 14.6 Å². The van der Waals surface area contributed by atoms with E-state index in [9.17, 15) is 9.90 Å². The minimum absolute atomic E-state index is 0.376. The highest BCUT2D eigenvalue weighted by atomic mass is 16.5. The van der Waals surface area contributed by atoms with Gasteiger partial charge < -0.3 is 9.84 Å². The van der Waals surface area contributed by atoms with E-state index in [1.165, 1.54) is 11.1 Å². The average molecular weight is 260 g/mol. The van der Waals surface area contributed by atoms with Crippen molar-refractivity contribution in [2.24, 2.45) is 5.41 Å². The third kappa shape index (κ3) is 2.27. The molecule has 19 heavy (non-hydrogen) atoms. The Morgan fingerprint density at radius 1 is 1.42 bits per heavy atom. The Kier molecular flexibility index (Phi) is 3.31. The summed E-state index contributed by atoms with van der Waals surface area (Å²) in [5, 5.41) is 9.56. The number of hydrogen-bond acceptors (Lipinski definition) is 2. The molecule has 2 aliphatic rings. The van der Waals surface area contributed by atoms with Crippen molar-refractivity contribution in [3.8, 4) is 0 Å². The van der Waals surface area contributed by atoms with E-state index in [4.69, 9.17) is 4.74 Å². The molecule has 0 radical (unpaired) electrons. The van der Waals surface area contributed by atoms with Gasteiger partial charge in [0.05, 0.1) is 12.0 Å². The molecule has 3 heteroatoms. The Bertz CT molecular complexity index is 475. The summed E-state index contributed by atoms with van der Waals surface area (Å²) >= 11 is 0. The van der Waals surface area contributed by atoms with E-state index in [2.05, 4.69) is 24.3 Å². The Morgan fingerprint density at radius 3 is 3.00 bits per heavy atom. The Labute approximate surface area is 113 Å². The fraction of sp³-hybridized carbons (Fsp3) is 0.562. The van der Waals surface area contributed by atoms with E-state index in [0.717, 1.165) is 25.7 Å². The van der Waals surface area contributed by atoms with Crippen LogP contribution in [0.3, 0.4) is 0 Å². The molecule has 0 saturated carbocycles. The van der Waals surface area contributed by atoms with Crippen molar-refractivity contribution >= 4 is 5.97 Å². The molecule has 2 atom stereocenters. The lowest BCUT2D eigenvalue weighted by Gasteiger charge is -2.32. The molecule has 0 aromatic heterocycles. The van der Waals surface area contributed by atoms with E-state index in [-0.39, 0.29) is 0 Å². The van der Waals surface area contributed by atoms with E-state index in [1.807, 2.05) is 0 Å². The first kappa shape index (κ1) is 12.7. The van der Waals surface area contributed by atoms with Gasteiger partial charge >= 0.3 is 5.97 Å². The van der Waals surface area contributed by atoms with Gasteiger partial charge in [0.15, 0.2) is 0 Å². The zero-order valence-electron chi connectivity index (χ0n) is 11.1. The fourth-order valence-electron chi connectivity index (χ4n) is 3.56. The highest BCUT2D eigenvalue weighted by Gasteiger charge is 2.44. The topological polar surface area (TPSA) is 46.5 Å². The van der Waals surface area contributed by atoms with Gasteiger partial charge in [0, 0.05) is 6.61 Å². The molecule has 1 aliphatic heterocycles. The van der Waals surface area contributed by atoms with Crippen molar-refractivity contribution in [3.63, 3.8) is 0 Å². The molecule has 2 unspecified atom stereocenters. The van der Waals surface area contributed by atoms with Crippen LogP contribution in [0.25, 0.3) is 0 Å². The van der Waals surface area contributed by atoms with E-state index >= 15 is 0 Å². The average Bonchev–Trinajstić information content (AvgIpc) is 2.89. The van der Waals surface area contributed by atoms with Crippen LogP contribution >= 0.6 is 0 Å². The second kappa shape index (κ2) is 4.97. The Morgan fingerprint density at radius 2 is 2.26 bits per heavy atom. The number of rotatable bonds is 3. The molecule has 1 heterocycles. The highest BCUT2D eigenvalue weighted by molar-refractivity contribution is 5.75. The van der Waals surface area contributed by atoms with Gasteiger partial charge in [0.1, 0.15) is 0 Å². The van der Waals surface area contributed by atoms with Gasteiger partial charge in [-0.25, -0.2) is 0 Å². The van der Waals surface area contributed by atoms with Crippen LogP contribution in [0, 0.1) is 5.41 Å². The third-order valence-corrected chi connectivity index (χ3v) is 4.69. The molecule has 1 aromatic rings. The highest BCUT2D eigenvalue weighted by Crippen LogP contribution is 2.43. The second-order valence-electron chi connectivity index (χ2n) is 5.88. The molecular weight excluding hydrogens is 240 g/mol. The molecule has 3 rings (SSSR count). The molecule has 1 aromatic carbocycles. The number of benzene rings is 1. The van der Waals surface area contributed by atoms with Gasteiger partial charge in [-0.1, -0.05) is 24.3 Å². The molecule has 0 spiro atoms. The zero-order chi connectivity index (χ0) is 13.3. The Hall–Kier alpha value is -1.35. The normalized spacial score (nSPS) is 30.0. The van der Waals surface area contributed by atoms with Crippen molar-refractivity contribution in [2.75, 3.05) is 13.2 Å². The molecule has 1 saturated heterocycles. The summed E-state index contributed by atoms with van der Waals surface area (Å²) in [6, 6.07) is 8.49. The standard InChI is InChI=1S/C16H20O3/c17-15(18)16(8-9-19-11-16)10-13-6-3-5-12-4-1-2-7-14(12)13/h1-2,4,7,13H,3,5-6,8-11H2,(H,17,18). The monoisotopic (exact) mass is 260 g/mol. The van der Waals surface area contributed by atoms with Crippen LogP contribution in [-0.2, 0) is 16.0 Å². The second-order valence-corrected chi connectivity index (χ2v) is 5.88. The van der Waals surface area contributed by atoms with Crippen LogP contribution < -0.4 is 0 Å². The molecule has 0 amide bonds. The van der Waals surface area contributed by atoms with E-state index in [1.54, 1.807) is 0 Å². The summed E-state index contributed by atoms with van der Waals surface area (Å²) in [7, 11) is 0. The number of aryl methyl sites for hydroxylation is 1. The predicted octanol–water partition coefficient (Wildman–Crippen LogP) is 2.99. The van der Waals surface area contributed by atoms with Gasteiger partial charge in [-0.05, 0) is 49.1 Å². The molecular formula is C16H20O3. The molecule has 0 bridgehead atoms. The minimum atomic E-state index is -0.687. The number of carboxylic acids is 1. The molecule has 1 fully saturated rings. The maximum atomic E-state index is 11.6. The van der Waals surface area contributed by atoms with Crippen LogP contribution in [0.5, 0.6) is 0 Å². The summed E-state index contributed by atoms with van der Waals surface area (Å²) in [6.45, 7) is 0.960. The number of ether oxygens (including phenoxy) is 1. The van der Waals surface area contributed by atoms with Crippen molar-refractivity contribution in [3.05, 3.63) is 35.4 Å². The lowest BCUT2D eigenvalue weighted by molar-refractivity contribution is -0.149. The summed E-state index contributed by atoms with van der Waals surface area (Å²) < 4.78 is 5.37. The first-order chi connectivity index (χ1) is 9.21. The quantitative estimate of drug-likeness (QED) is 0.908.